The topological polar surface area (TPSA) is 12.0 Å². The molecule has 0 aromatic rings. The van der Waals surface area contributed by atoms with E-state index in [1.54, 1.807) is 0 Å². The zero-order chi connectivity index (χ0) is 9.10. The molecule has 3 unspecified atom stereocenters. The molecule has 2 aliphatic carbocycles. The van der Waals surface area contributed by atoms with Gasteiger partial charge in [-0.3, -0.25) is 0 Å². The maximum Gasteiger partial charge on any atom is -0.00143 e. The Morgan fingerprint density at radius 2 is 2.31 bits per heavy atom. The first-order valence-electron chi connectivity index (χ1n) is 5.40. The molecule has 0 radical (unpaired) electrons. The van der Waals surface area contributed by atoms with Crippen molar-refractivity contribution in [3.05, 3.63) is 24.8 Å². The Labute approximate surface area is 80.9 Å². The molecule has 3 atom stereocenters. The van der Waals surface area contributed by atoms with Gasteiger partial charge in [-0.1, -0.05) is 18.2 Å². The maximum absolute atomic E-state index is 3.72. The minimum atomic E-state index is 0.890. The van der Waals surface area contributed by atoms with Gasteiger partial charge in [0.05, 0.1) is 0 Å². The van der Waals surface area contributed by atoms with Gasteiger partial charge in [0.25, 0.3) is 0 Å². The monoisotopic (exact) mass is 177 g/mol. The van der Waals surface area contributed by atoms with Gasteiger partial charge >= 0.3 is 0 Å². The fourth-order valence-corrected chi connectivity index (χ4v) is 2.62. The highest BCUT2D eigenvalue weighted by molar-refractivity contribution is 5.10. The predicted molar refractivity (Wildman–Crippen MR) is 56.5 cm³/mol. The summed E-state index contributed by atoms with van der Waals surface area (Å²) in [5.74, 6) is 2.72. The molecule has 0 spiro atoms. The quantitative estimate of drug-likeness (QED) is 0.502. The molecule has 0 saturated heterocycles. The van der Waals surface area contributed by atoms with E-state index in [0.717, 1.165) is 30.7 Å². The van der Waals surface area contributed by atoms with Crippen molar-refractivity contribution < 1.29 is 0 Å². The molecule has 0 heterocycles. The lowest BCUT2D eigenvalue weighted by atomic mass is 9.94. The Kier molecular flexibility index (Phi) is 2.84. The molecule has 0 aromatic carbocycles. The Hall–Kier alpha value is -0.560. The lowest BCUT2D eigenvalue weighted by Crippen LogP contribution is -2.25. The van der Waals surface area contributed by atoms with Crippen LogP contribution in [0.4, 0.5) is 0 Å². The second kappa shape index (κ2) is 4.10. The van der Waals surface area contributed by atoms with Crippen LogP contribution < -0.4 is 5.32 Å². The number of allylic oxidation sites excluding steroid dienone is 2. The van der Waals surface area contributed by atoms with Gasteiger partial charge in [0.2, 0.25) is 0 Å². The molecule has 13 heavy (non-hydrogen) atoms. The summed E-state index contributed by atoms with van der Waals surface area (Å²) in [6.45, 7) is 6.02. The van der Waals surface area contributed by atoms with Crippen LogP contribution >= 0.6 is 0 Å². The van der Waals surface area contributed by atoms with E-state index in [2.05, 4.69) is 24.0 Å². The Balaban J connectivity index is 1.66. The zero-order valence-corrected chi connectivity index (χ0v) is 8.21. The fourth-order valence-electron chi connectivity index (χ4n) is 2.62. The van der Waals surface area contributed by atoms with E-state index in [4.69, 9.17) is 0 Å². The highest BCUT2D eigenvalue weighted by Crippen LogP contribution is 2.42. The van der Waals surface area contributed by atoms with Crippen LogP contribution in [-0.2, 0) is 0 Å². The Morgan fingerprint density at radius 1 is 1.38 bits per heavy atom. The second-order valence-corrected chi connectivity index (χ2v) is 4.32. The molecule has 1 N–H and O–H groups in total. The minimum Gasteiger partial charge on any atom is -0.316 e. The number of fused-ring (bicyclic) bond motifs is 2. The summed E-state index contributed by atoms with van der Waals surface area (Å²) >= 11 is 0. The predicted octanol–water partition coefficient (Wildman–Crippen LogP) is 2.36. The van der Waals surface area contributed by atoms with Gasteiger partial charge in [-0.15, -0.1) is 6.58 Å². The highest BCUT2D eigenvalue weighted by Gasteiger charge is 2.34. The van der Waals surface area contributed by atoms with Crippen LogP contribution in [0.2, 0.25) is 0 Å². The average molecular weight is 177 g/mol. The largest absolute Gasteiger partial charge is 0.316 e. The summed E-state index contributed by atoms with van der Waals surface area (Å²) in [7, 11) is 0. The second-order valence-electron chi connectivity index (χ2n) is 4.32. The van der Waals surface area contributed by atoms with Crippen LogP contribution in [0, 0.1) is 17.8 Å². The maximum atomic E-state index is 3.72. The fraction of sp³-hybridized carbons (Fsp3) is 0.667. The summed E-state index contributed by atoms with van der Waals surface area (Å²) in [5.41, 5.74) is 0. The molecule has 1 nitrogen and oxygen atoms in total. The van der Waals surface area contributed by atoms with Gasteiger partial charge in [-0.2, -0.15) is 0 Å². The number of rotatable bonds is 5. The smallest absolute Gasteiger partial charge is 0.00143 e. The van der Waals surface area contributed by atoms with Crippen LogP contribution in [-0.4, -0.2) is 13.1 Å². The van der Waals surface area contributed by atoms with Crippen molar-refractivity contribution in [2.45, 2.75) is 19.3 Å². The van der Waals surface area contributed by atoms with E-state index in [0.29, 0.717) is 0 Å². The number of hydrogen-bond acceptors (Lipinski definition) is 1. The summed E-state index contributed by atoms with van der Waals surface area (Å²) in [5, 5.41) is 3.51. The third-order valence-corrected chi connectivity index (χ3v) is 3.35. The molecule has 0 aliphatic heterocycles. The third-order valence-electron chi connectivity index (χ3n) is 3.35. The number of nitrogens with one attached hydrogen (secondary N) is 1. The summed E-state index contributed by atoms with van der Waals surface area (Å²) in [4.78, 5) is 0. The van der Waals surface area contributed by atoms with Gasteiger partial charge in [0.1, 0.15) is 0 Å². The van der Waals surface area contributed by atoms with Gasteiger partial charge in [0.15, 0.2) is 0 Å². The molecule has 1 heteroatoms. The third kappa shape index (κ3) is 2.02. The average Bonchev–Trinajstić information content (AvgIpc) is 2.73. The summed E-state index contributed by atoms with van der Waals surface area (Å²) in [6.07, 6.45) is 10.7. The van der Waals surface area contributed by atoms with Gasteiger partial charge in [-0.05, 0) is 50.1 Å². The lowest BCUT2D eigenvalue weighted by Gasteiger charge is -2.18. The van der Waals surface area contributed by atoms with Crippen molar-refractivity contribution in [3.8, 4) is 0 Å². The van der Waals surface area contributed by atoms with Crippen LogP contribution in [0.5, 0.6) is 0 Å². The van der Waals surface area contributed by atoms with Crippen molar-refractivity contribution >= 4 is 0 Å². The van der Waals surface area contributed by atoms with Crippen LogP contribution in [0.3, 0.4) is 0 Å². The first-order chi connectivity index (χ1) is 6.40. The van der Waals surface area contributed by atoms with E-state index in [1.807, 2.05) is 6.08 Å². The molecular formula is C12H19N. The highest BCUT2D eigenvalue weighted by atomic mass is 14.9. The standard InChI is InChI=1S/C12H19N/c1-2-3-6-13-9-12-8-10-4-5-11(12)7-10/h2,4-5,10-13H,1,3,6-9H2. The van der Waals surface area contributed by atoms with Crippen molar-refractivity contribution in [2.75, 3.05) is 13.1 Å². The first-order valence-corrected chi connectivity index (χ1v) is 5.40. The molecule has 2 rings (SSSR count). The van der Waals surface area contributed by atoms with E-state index in [9.17, 15) is 0 Å². The van der Waals surface area contributed by atoms with Crippen molar-refractivity contribution in [3.63, 3.8) is 0 Å². The van der Waals surface area contributed by atoms with Crippen LogP contribution in [0.1, 0.15) is 19.3 Å². The van der Waals surface area contributed by atoms with E-state index in [1.165, 1.54) is 19.4 Å². The molecule has 2 aliphatic rings. The van der Waals surface area contributed by atoms with Gasteiger partial charge in [-0.25, -0.2) is 0 Å². The molecule has 0 aromatic heterocycles. The van der Waals surface area contributed by atoms with Crippen LogP contribution in [0.25, 0.3) is 0 Å². The summed E-state index contributed by atoms with van der Waals surface area (Å²) in [6, 6.07) is 0. The van der Waals surface area contributed by atoms with E-state index >= 15 is 0 Å². The Bertz CT molecular complexity index is 207. The molecule has 0 amide bonds. The molecular weight excluding hydrogens is 158 g/mol. The molecule has 1 fully saturated rings. The van der Waals surface area contributed by atoms with Gasteiger partial charge < -0.3 is 5.32 Å². The lowest BCUT2D eigenvalue weighted by molar-refractivity contribution is 0.417. The number of hydrogen-bond donors (Lipinski definition) is 1. The summed E-state index contributed by atoms with van der Waals surface area (Å²) < 4.78 is 0. The van der Waals surface area contributed by atoms with Crippen molar-refractivity contribution in [1.82, 2.24) is 5.32 Å². The van der Waals surface area contributed by atoms with Gasteiger partial charge in [0, 0.05) is 0 Å². The normalized spacial score (nSPS) is 35.5. The van der Waals surface area contributed by atoms with Crippen molar-refractivity contribution in [1.29, 1.82) is 0 Å². The molecule has 2 bridgehead atoms. The minimum absolute atomic E-state index is 0.890. The first kappa shape index (κ1) is 9.01. The van der Waals surface area contributed by atoms with Crippen LogP contribution in [0.15, 0.2) is 24.8 Å². The Morgan fingerprint density at radius 3 is 2.92 bits per heavy atom. The van der Waals surface area contributed by atoms with E-state index < -0.39 is 0 Å². The molecule has 72 valence electrons. The molecule has 1 saturated carbocycles. The van der Waals surface area contributed by atoms with E-state index in [-0.39, 0.29) is 0 Å². The zero-order valence-electron chi connectivity index (χ0n) is 8.21. The van der Waals surface area contributed by atoms with Crippen molar-refractivity contribution in [2.24, 2.45) is 17.8 Å². The SMILES string of the molecule is C=CCCNCC1CC2C=CC1C2.